The summed E-state index contributed by atoms with van der Waals surface area (Å²) in [4.78, 5) is 0. The van der Waals surface area contributed by atoms with Crippen molar-refractivity contribution in [2.75, 3.05) is 11.9 Å². The second-order valence-corrected chi connectivity index (χ2v) is 8.53. The third-order valence-corrected chi connectivity index (χ3v) is 6.23. The summed E-state index contributed by atoms with van der Waals surface area (Å²) in [5.74, 6) is 1.41. The molecule has 0 bridgehead atoms. The van der Waals surface area contributed by atoms with Crippen molar-refractivity contribution in [1.82, 2.24) is 0 Å². The van der Waals surface area contributed by atoms with Gasteiger partial charge >= 0.3 is 0 Å². The molecule has 2 aromatic carbocycles. The molecule has 1 atom stereocenters. The van der Waals surface area contributed by atoms with E-state index in [2.05, 4.69) is 52.1 Å². The van der Waals surface area contributed by atoms with Gasteiger partial charge in [0.2, 0.25) is 0 Å². The van der Waals surface area contributed by atoms with Crippen molar-refractivity contribution in [2.45, 2.75) is 73.3 Å². The number of fused-ring (bicyclic) bond motifs is 1. The van der Waals surface area contributed by atoms with Gasteiger partial charge in [-0.3, -0.25) is 0 Å². The van der Waals surface area contributed by atoms with Gasteiger partial charge in [-0.25, -0.2) is 0 Å². The Balaban J connectivity index is 1.75. The summed E-state index contributed by atoms with van der Waals surface area (Å²) in [6.07, 6.45) is 2.86. The molecule has 1 heterocycles. The van der Waals surface area contributed by atoms with E-state index in [1.807, 2.05) is 13.8 Å². The summed E-state index contributed by atoms with van der Waals surface area (Å²) in [7, 11) is 0. The molecule has 2 N–H and O–H groups in total. The van der Waals surface area contributed by atoms with Crippen LogP contribution in [-0.4, -0.2) is 17.3 Å². The third kappa shape index (κ3) is 3.65. The van der Waals surface area contributed by atoms with Crippen LogP contribution in [0.15, 0.2) is 12.1 Å². The average molecular weight is 368 g/mol. The highest BCUT2D eigenvalue weighted by atomic mass is 16.5. The van der Waals surface area contributed by atoms with Gasteiger partial charge in [-0.05, 0) is 89.1 Å². The van der Waals surface area contributed by atoms with E-state index >= 15 is 0 Å². The lowest BCUT2D eigenvalue weighted by atomic mass is 9.85. The minimum Gasteiger partial charge on any atom is -0.507 e. The molecule has 3 rings (SSSR count). The van der Waals surface area contributed by atoms with E-state index in [0.717, 1.165) is 48.2 Å². The summed E-state index contributed by atoms with van der Waals surface area (Å²) in [6, 6.07) is 4.46. The molecule has 27 heavy (non-hydrogen) atoms. The van der Waals surface area contributed by atoms with Crippen LogP contribution >= 0.6 is 0 Å². The largest absolute Gasteiger partial charge is 0.507 e. The zero-order valence-electron chi connectivity index (χ0n) is 17.8. The van der Waals surface area contributed by atoms with Crippen LogP contribution < -0.4 is 10.1 Å². The third-order valence-electron chi connectivity index (χ3n) is 6.23. The molecule has 3 nitrogen and oxygen atoms in total. The number of phenols is 1. The second-order valence-electron chi connectivity index (χ2n) is 8.53. The van der Waals surface area contributed by atoms with Crippen LogP contribution in [0.25, 0.3) is 0 Å². The lowest BCUT2D eigenvalue weighted by Crippen LogP contribution is -2.38. The number of anilines is 1. The molecular formula is C24H33NO2. The van der Waals surface area contributed by atoms with E-state index in [1.54, 1.807) is 0 Å². The maximum absolute atomic E-state index is 10.3. The number of hydrogen-bond donors (Lipinski definition) is 2. The van der Waals surface area contributed by atoms with Crippen LogP contribution in [0.1, 0.15) is 58.7 Å². The molecule has 146 valence electrons. The fourth-order valence-corrected chi connectivity index (χ4v) is 4.38. The molecule has 0 amide bonds. The quantitative estimate of drug-likeness (QED) is 0.714. The highest BCUT2D eigenvalue weighted by Crippen LogP contribution is 2.44. The maximum atomic E-state index is 10.3. The van der Waals surface area contributed by atoms with Gasteiger partial charge in [0.15, 0.2) is 0 Å². The van der Waals surface area contributed by atoms with Crippen molar-refractivity contribution < 1.29 is 9.84 Å². The number of hydrogen-bond acceptors (Lipinski definition) is 3. The first-order valence-corrected chi connectivity index (χ1v) is 9.95. The first kappa shape index (κ1) is 19.6. The van der Waals surface area contributed by atoms with Gasteiger partial charge < -0.3 is 15.2 Å². The van der Waals surface area contributed by atoms with Crippen LogP contribution in [0.2, 0.25) is 0 Å². The van der Waals surface area contributed by atoms with E-state index in [-0.39, 0.29) is 5.60 Å². The van der Waals surface area contributed by atoms with Gasteiger partial charge in [-0.1, -0.05) is 17.7 Å². The Kier molecular flexibility index (Phi) is 5.16. The number of aryl methyl sites for hydroxylation is 3. The summed E-state index contributed by atoms with van der Waals surface area (Å²) in [5, 5.41) is 14.0. The molecule has 1 unspecified atom stereocenters. The average Bonchev–Trinajstić information content (AvgIpc) is 2.60. The minimum absolute atomic E-state index is 0.187. The Hall–Kier alpha value is -2.16. The molecule has 0 saturated heterocycles. The van der Waals surface area contributed by atoms with Crippen molar-refractivity contribution in [2.24, 2.45) is 0 Å². The first-order valence-electron chi connectivity index (χ1n) is 9.95. The van der Waals surface area contributed by atoms with E-state index < -0.39 is 0 Å². The Labute approximate surface area is 163 Å². The number of ether oxygens (including phenoxy) is 1. The van der Waals surface area contributed by atoms with Crippen LogP contribution in [0.4, 0.5) is 5.69 Å². The summed E-state index contributed by atoms with van der Waals surface area (Å²) in [5.41, 5.74) is 9.09. The molecule has 0 aromatic heterocycles. The molecule has 0 fully saturated rings. The molecule has 1 aliphatic rings. The number of benzene rings is 2. The highest BCUT2D eigenvalue weighted by molar-refractivity contribution is 5.59. The summed E-state index contributed by atoms with van der Waals surface area (Å²) >= 11 is 0. The molecule has 0 radical (unpaired) electrons. The zero-order chi connectivity index (χ0) is 19.9. The van der Waals surface area contributed by atoms with Gasteiger partial charge in [-0.15, -0.1) is 0 Å². The van der Waals surface area contributed by atoms with Crippen molar-refractivity contribution in [3.63, 3.8) is 0 Å². The molecule has 3 heteroatoms. The monoisotopic (exact) mass is 367 g/mol. The number of aromatic hydroxyl groups is 1. The number of rotatable bonds is 4. The lowest BCUT2D eigenvalue weighted by molar-refractivity contribution is 0.0584. The Morgan fingerprint density at radius 3 is 2.26 bits per heavy atom. The van der Waals surface area contributed by atoms with Crippen LogP contribution in [-0.2, 0) is 6.42 Å². The van der Waals surface area contributed by atoms with Crippen molar-refractivity contribution in [3.8, 4) is 11.5 Å². The molecule has 0 saturated carbocycles. The van der Waals surface area contributed by atoms with Gasteiger partial charge in [0.25, 0.3) is 0 Å². The van der Waals surface area contributed by atoms with Gasteiger partial charge in [0.05, 0.1) is 0 Å². The second kappa shape index (κ2) is 7.10. The predicted molar refractivity (Wildman–Crippen MR) is 113 cm³/mol. The predicted octanol–water partition coefficient (Wildman–Crippen LogP) is 5.83. The van der Waals surface area contributed by atoms with Crippen molar-refractivity contribution >= 4 is 5.69 Å². The lowest BCUT2D eigenvalue weighted by Gasteiger charge is -2.38. The standard InChI is InChI=1S/C24H33NO2/c1-14-12-15(2)21(16(3)13-14)25-11-10-24(7)9-8-20-19(6)22(26)17(4)18(5)23(20)27-24/h12-13,25-26H,8-11H2,1-7H3. The van der Waals surface area contributed by atoms with E-state index in [9.17, 15) is 5.11 Å². The van der Waals surface area contributed by atoms with Crippen LogP contribution in [0.5, 0.6) is 11.5 Å². The van der Waals surface area contributed by atoms with Crippen molar-refractivity contribution in [1.29, 1.82) is 0 Å². The highest BCUT2D eigenvalue weighted by Gasteiger charge is 2.34. The van der Waals surface area contributed by atoms with E-state index in [1.165, 1.54) is 27.9 Å². The number of phenolic OH excluding ortho intramolecular Hbond substituents is 1. The smallest absolute Gasteiger partial charge is 0.127 e. The zero-order valence-corrected chi connectivity index (χ0v) is 17.8. The first-order chi connectivity index (χ1) is 12.6. The van der Waals surface area contributed by atoms with Gasteiger partial charge in [-0.2, -0.15) is 0 Å². The van der Waals surface area contributed by atoms with Gasteiger partial charge in [0, 0.05) is 24.2 Å². The topological polar surface area (TPSA) is 41.5 Å². The molecular weight excluding hydrogens is 334 g/mol. The normalized spacial score (nSPS) is 18.8. The number of nitrogens with one attached hydrogen (secondary N) is 1. The van der Waals surface area contributed by atoms with E-state index in [4.69, 9.17) is 4.74 Å². The summed E-state index contributed by atoms with van der Waals surface area (Å²) in [6.45, 7) is 15.6. The van der Waals surface area contributed by atoms with Crippen LogP contribution in [0.3, 0.4) is 0 Å². The molecule has 0 spiro atoms. The Morgan fingerprint density at radius 1 is 1.00 bits per heavy atom. The molecule has 1 aliphatic heterocycles. The summed E-state index contributed by atoms with van der Waals surface area (Å²) < 4.78 is 6.53. The SMILES string of the molecule is Cc1cc(C)c(NCCC2(C)CCc3c(C)c(O)c(C)c(C)c3O2)c(C)c1. The van der Waals surface area contributed by atoms with Crippen LogP contribution in [0, 0.1) is 41.5 Å². The molecule has 0 aliphatic carbocycles. The minimum atomic E-state index is -0.187. The fraction of sp³-hybridized carbons (Fsp3) is 0.500. The Bertz CT molecular complexity index is 862. The fourth-order valence-electron chi connectivity index (χ4n) is 4.38. The Morgan fingerprint density at radius 2 is 1.63 bits per heavy atom. The van der Waals surface area contributed by atoms with Gasteiger partial charge in [0.1, 0.15) is 17.1 Å². The van der Waals surface area contributed by atoms with E-state index in [0.29, 0.717) is 5.75 Å². The molecule has 2 aromatic rings. The van der Waals surface area contributed by atoms with Crippen molar-refractivity contribution in [3.05, 3.63) is 51.1 Å². The maximum Gasteiger partial charge on any atom is 0.127 e.